The number of piperidine rings is 1. The second kappa shape index (κ2) is 3.83. The second-order valence-corrected chi connectivity index (χ2v) is 4.60. The monoisotopic (exact) mass is 253 g/mol. The van der Waals surface area contributed by atoms with E-state index in [4.69, 9.17) is 10.3 Å². The Morgan fingerprint density at radius 2 is 2.00 bits per heavy atom. The van der Waals surface area contributed by atoms with E-state index in [9.17, 15) is 8.78 Å². The first-order chi connectivity index (χ1) is 8.55. The topological polar surface area (TPSA) is 55.3 Å². The van der Waals surface area contributed by atoms with Gasteiger partial charge >= 0.3 is 0 Å². The maximum atomic E-state index is 13.1. The number of anilines is 2. The van der Waals surface area contributed by atoms with Gasteiger partial charge in [0.05, 0.1) is 5.39 Å². The number of nitrogens with zero attached hydrogens (tertiary/aromatic N) is 2. The molecule has 1 aromatic heterocycles. The predicted molar refractivity (Wildman–Crippen MR) is 64.8 cm³/mol. The largest absolute Gasteiger partial charge is 0.399 e. The Morgan fingerprint density at radius 3 is 2.72 bits per heavy atom. The summed E-state index contributed by atoms with van der Waals surface area (Å²) in [5, 5.41) is 4.74. The summed E-state index contributed by atoms with van der Waals surface area (Å²) < 4.78 is 31.4. The van der Waals surface area contributed by atoms with Gasteiger partial charge in [0.25, 0.3) is 5.92 Å². The molecule has 0 bridgehead atoms. The number of hydrogen-bond donors (Lipinski definition) is 1. The minimum atomic E-state index is -2.56. The van der Waals surface area contributed by atoms with Gasteiger partial charge in [-0.1, -0.05) is 5.16 Å². The zero-order valence-electron chi connectivity index (χ0n) is 9.70. The van der Waals surface area contributed by atoms with Crippen LogP contribution in [-0.4, -0.2) is 24.2 Å². The molecule has 0 atom stereocenters. The van der Waals surface area contributed by atoms with Crippen molar-refractivity contribution in [3.63, 3.8) is 0 Å². The number of benzene rings is 1. The van der Waals surface area contributed by atoms with Crippen LogP contribution in [0.4, 0.5) is 20.3 Å². The third-order valence-corrected chi connectivity index (χ3v) is 3.27. The molecule has 0 spiro atoms. The third kappa shape index (κ3) is 1.87. The molecule has 96 valence electrons. The molecule has 1 aliphatic rings. The standard InChI is InChI=1S/C12H13F2N3O/c13-12(14)3-5-17(6-4-12)11-9-7-8(15)1-2-10(9)18-16-11/h1-2,7H,3-6,15H2. The first-order valence-corrected chi connectivity index (χ1v) is 5.83. The van der Waals surface area contributed by atoms with Crippen molar-refractivity contribution in [1.82, 2.24) is 5.16 Å². The summed E-state index contributed by atoms with van der Waals surface area (Å²) in [5.41, 5.74) is 6.94. The first-order valence-electron chi connectivity index (χ1n) is 5.83. The Morgan fingerprint density at radius 1 is 1.28 bits per heavy atom. The van der Waals surface area contributed by atoms with Gasteiger partial charge in [-0.15, -0.1) is 0 Å². The molecule has 0 saturated carbocycles. The predicted octanol–water partition coefficient (Wildman–Crippen LogP) is 2.65. The molecule has 1 saturated heterocycles. The van der Waals surface area contributed by atoms with Gasteiger partial charge in [-0.2, -0.15) is 0 Å². The average Bonchev–Trinajstić information content (AvgIpc) is 2.72. The number of nitrogens with two attached hydrogens (primary N) is 1. The van der Waals surface area contributed by atoms with Gasteiger partial charge in [0.15, 0.2) is 11.4 Å². The molecular formula is C12H13F2N3O. The Balaban J connectivity index is 1.93. The fourth-order valence-electron chi connectivity index (χ4n) is 2.22. The lowest BCUT2D eigenvalue weighted by molar-refractivity contribution is -0.0221. The first kappa shape index (κ1) is 11.3. The molecule has 2 N–H and O–H groups in total. The van der Waals surface area contributed by atoms with E-state index in [2.05, 4.69) is 5.16 Å². The lowest BCUT2D eigenvalue weighted by atomic mass is 10.1. The molecule has 2 heterocycles. The Hall–Kier alpha value is -1.85. The van der Waals surface area contributed by atoms with E-state index in [0.717, 1.165) is 5.39 Å². The summed E-state index contributed by atoms with van der Waals surface area (Å²) in [5.74, 6) is -1.96. The summed E-state index contributed by atoms with van der Waals surface area (Å²) in [6, 6.07) is 5.22. The van der Waals surface area contributed by atoms with Crippen LogP contribution in [0.2, 0.25) is 0 Å². The smallest absolute Gasteiger partial charge is 0.251 e. The van der Waals surface area contributed by atoms with E-state index in [1.54, 1.807) is 18.2 Å². The third-order valence-electron chi connectivity index (χ3n) is 3.27. The zero-order valence-corrected chi connectivity index (χ0v) is 9.70. The lowest BCUT2D eigenvalue weighted by Gasteiger charge is -2.31. The van der Waals surface area contributed by atoms with Crippen LogP contribution in [-0.2, 0) is 0 Å². The van der Waals surface area contributed by atoms with Gasteiger partial charge in [0, 0.05) is 31.6 Å². The van der Waals surface area contributed by atoms with Crippen LogP contribution in [0.1, 0.15) is 12.8 Å². The highest BCUT2D eigenvalue weighted by molar-refractivity contribution is 5.90. The maximum absolute atomic E-state index is 13.1. The van der Waals surface area contributed by atoms with E-state index in [1.165, 1.54) is 0 Å². The number of halogens is 2. The van der Waals surface area contributed by atoms with Crippen LogP contribution in [0.25, 0.3) is 11.0 Å². The maximum Gasteiger partial charge on any atom is 0.251 e. The van der Waals surface area contributed by atoms with Gasteiger partial charge in [-0.05, 0) is 18.2 Å². The van der Waals surface area contributed by atoms with E-state index >= 15 is 0 Å². The van der Waals surface area contributed by atoms with Crippen molar-refractivity contribution < 1.29 is 13.3 Å². The van der Waals surface area contributed by atoms with E-state index in [1.807, 2.05) is 4.90 Å². The summed E-state index contributed by atoms with van der Waals surface area (Å²) >= 11 is 0. The summed E-state index contributed by atoms with van der Waals surface area (Å²) in [4.78, 5) is 1.82. The van der Waals surface area contributed by atoms with Crippen molar-refractivity contribution >= 4 is 22.5 Å². The van der Waals surface area contributed by atoms with E-state index in [-0.39, 0.29) is 25.9 Å². The number of hydrogen-bond acceptors (Lipinski definition) is 4. The highest BCUT2D eigenvalue weighted by Gasteiger charge is 2.35. The second-order valence-electron chi connectivity index (χ2n) is 4.60. The van der Waals surface area contributed by atoms with Crippen LogP contribution in [0.5, 0.6) is 0 Å². The molecule has 1 aromatic carbocycles. The molecule has 6 heteroatoms. The van der Waals surface area contributed by atoms with Crippen LogP contribution in [0.3, 0.4) is 0 Å². The van der Waals surface area contributed by atoms with Crippen molar-refractivity contribution in [2.75, 3.05) is 23.7 Å². The van der Waals surface area contributed by atoms with Gasteiger partial charge in [0.1, 0.15) is 0 Å². The minimum absolute atomic E-state index is 0.149. The van der Waals surface area contributed by atoms with Gasteiger partial charge in [-0.25, -0.2) is 8.78 Å². The van der Waals surface area contributed by atoms with Crippen LogP contribution in [0, 0.1) is 0 Å². The molecule has 18 heavy (non-hydrogen) atoms. The van der Waals surface area contributed by atoms with Crippen molar-refractivity contribution in [2.24, 2.45) is 0 Å². The average molecular weight is 253 g/mol. The molecule has 2 aromatic rings. The Labute approximate surface area is 102 Å². The highest BCUT2D eigenvalue weighted by atomic mass is 19.3. The quantitative estimate of drug-likeness (QED) is 0.794. The number of rotatable bonds is 1. The number of alkyl halides is 2. The molecular weight excluding hydrogens is 240 g/mol. The van der Waals surface area contributed by atoms with Crippen molar-refractivity contribution in [2.45, 2.75) is 18.8 Å². The molecule has 0 radical (unpaired) electrons. The number of aromatic nitrogens is 1. The molecule has 0 amide bonds. The minimum Gasteiger partial charge on any atom is -0.399 e. The zero-order chi connectivity index (χ0) is 12.8. The fraction of sp³-hybridized carbons (Fsp3) is 0.417. The molecule has 0 aliphatic carbocycles. The molecule has 4 nitrogen and oxygen atoms in total. The summed E-state index contributed by atoms with van der Waals surface area (Å²) in [6.45, 7) is 0.562. The Kier molecular flexibility index (Phi) is 2.39. The SMILES string of the molecule is Nc1ccc2onc(N3CCC(F)(F)CC3)c2c1. The van der Waals surface area contributed by atoms with Gasteiger partial charge < -0.3 is 15.2 Å². The molecule has 1 fully saturated rings. The fourth-order valence-corrected chi connectivity index (χ4v) is 2.22. The molecule has 0 unspecified atom stereocenters. The van der Waals surface area contributed by atoms with Crippen molar-refractivity contribution in [1.29, 1.82) is 0 Å². The summed E-state index contributed by atoms with van der Waals surface area (Å²) in [7, 11) is 0. The van der Waals surface area contributed by atoms with Crippen LogP contribution in [0.15, 0.2) is 22.7 Å². The highest BCUT2D eigenvalue weighted by Crippen LogP contribution is 2.33. The lowest BCUT2D eigenvalue weighted by Crippen LogP contribution is -2.39. The number of fused-ring (bicyclic) bond motifs is 1. The normalized spacial score (nSPS) is 19.3. The van der Waals surface area contributed by atoms with Gasteiger partial charge in [-0.3, -0.25) is 0 Å². The number of nitrogen functional groups attached to an aromatic ring is 1. The van der Waals surface area contributed by atoms with E-state index in [0.29, 0.717) is 17.1 Å². The Bertz CT molecular complexity index is 572. The summed E-state index contributed by atoms with van der Waals surface area (Å²) in [6.07, 6.45) is -0.298. The van der Waals surface area contributed by atoms with E-state index < -0.39 is 5.92 Å². The van der Waals surface area contributed by atoms with Crippen LogP contribution >= 0.6 is 0 Å². The van der Waals surface area contributed by atoms with Crippen molar-refractivity contribution in [3.8, 4) is 0 Å². The molecule has 3 rings (SSSR count). The molecule has 1 aliphatic heterocycles. The van der Waals surface area contributed by atoms with Gasteiger partial charge in [0.2, 0.25) is 0 Å². The van der Waals surface area contributed by atoms with Crippen LogP contribution < -0.4 is 10.6 Å². The van der Waals surface area contributed by atoms with Crippen molar-refractivity contribution in [3.05, 3.63) is 18.2 Å².